The van der Waals surface area contributed by atoms with Gasteiger partial charge in [-0.25, -0.2) is 0 Å². The Hall–Kier alpha value is -2.07. The minimum Gasteiger partial charge on any atom is -0.390 e. The van der Waals surface area contributed by atoms with Crippen molar-refractivity contribution in [2.75, 3.05) is 23.8 Å². The highest BCUT2D eigenvalue weighted by Gasteiger charge is 2.13. The third-order valence-electron chi connectivity index (χ3n) is 3.70. The Morgan fingerprint density at radius 3 is 2.95 bits per heavy atom. The molecular weight excluding hydrogens is 250 g/mol. The summed E-state index contributed by atoms with van der Waals surface area (Å²) in [5.74, 6) is 0. The topological polar surface area (TPSA) is 48.4 Å². The molecule has 1 aliphatic heterocycles. The van der Waals surface area contributed by atoms with Gasteiger partial charge in [0.25, 0.3) is 0 Å². The van der Waals surface area contributed by atoms with Crippen LogP contribution in [0.25, 0.3) is 0 Å². The molecule has 2 heterocycles. The molecule has 1 aliphatic rings. The number of nitrogens with one attached hydrogen (secondary N) is 1. The lowest BCUT2D eigenvalue weighted by molar-refractivity contribution is 0.277. The highest BCUT2D eigenvalue weighted by molar-refractivity contribution is 5.68. The second-order valence-corrected chi connectivity index (χ2v) is 5.19. The van der Waals surface area contributed by atoms with Gasteiger partial charge in [-0.3, -0.25) is 4.98 Å². The van der Waals surface area contributed by atoms with Crippen molar-refractivity contribution < 1.29 is 5.11 Å². The second kappa shape index (κ2) is 5.51. The fraction of sp³-hybridized carbons (Fsp3) is 0.312. The van der Waals surface area contributed by atoms with E-state index < -0.39 is 0 Å². The van der Waals surface area contributed by atoms with Gasteiger partial charge in [0.2, 0.25) is 0 Å². The molecule has 1 aromatic carbocycles. The number of aliphatic hydroxyl groups excluding tert-OH is 1. The van der Waals surface area contributed by atoms with Crippen LogP contribution in [0.5, 0.6) is 0 Å². The average Bonchev–Trinajstić information content (AvgIpc) is 2.48. The van der Waals surface area contributed by atoms with Crippen molar-refractivity contribution in [1.82, 2.24) is 4.98 Å². The summed E-state index contributed by atoms with van der Waals surface area (Å²) in [6.07, 6.45) is 4.09. The number of nitrogens with zero attached hydrogens (tertiary/aromatic N) is 2. The molecule has 20 heavy (non-hydrogen) atoms. The molecule has 0 aliphatic carbocycles. The van der Waals surface area contributed by atoms with Crippen LogP contribution in [0.4, 0.5) is 17.1 Å². The number of benzene rings is 1. The van der Waals surface area contributed by atoms with Crippen molar-refractivity contribution in [3.05, 3.63) is 47.8 Å². The fourth-order valence-electron chi connectivity index (χ4n) is 2.64. The van der Waals surface area contributed by atoms with Gasteiger partial charge in [0.1, 0.15) is 0 Å². The number of hydrogen-bond donors (Lipinski definition) is 2. The monoisotopic (exact) mass is 269 g/mol. The summed E-state index contributed by atoms with van der Waals surface area (Å²) in [7, 11) is 2.14. The molecule has 0 radical (unpaired) electrons. The lowest BCUT2D eigenvalue weighted by atomic mass is 10.0. The molecule has 0 saturated heterocycles. The van der Waals surface area contributed by atoms with E-state index in [1.165, 1.54) is 17.7 Å². The molecule has 1 aromatic heterocycles. The molecule has 0 spiro atoms. The van der Waals surface area contributed by atoms with Crippen LogP contribution in [0.1, 0.15) is 17.7 Å². The number of hydrogen-bond acceptors (Lipinski definition) is 4. The first-order chi connectivity index (χ1) is 9.76. The minimum absolute atomic E-state index is 0.0392. The Morgan fingerprint density at radius 2 is 2.10 bits per heavy atom. The number of fused-ring (bicyclic) bond motifs is 1. The van der Waals surface area contributed by atoms with Crippen LogP contribution in [0.2, 0.25) is 0 Å². The maximum absolute atomic E-state index is 9.12. The first kappa shape index (κ1) is 12.9. The molecule has 0 saturated carbocycles. The number of aliphatic hydroxyl groups is 1. The summed E-state index contributed by atoms with van der Waals surface area (Å²) in [6.45, 7) is 1.07. The van der Waals surface area contributed by atoms with E-state index in [-0.39, 0.29) is 6.61 Å². The van der Waals surface area contributed by atoms with E-state index in [1.807, 2.05) is 12.1 Å². The summed E-state index contributed by atoms with van der Waals surface area (Å²) in [4.78, 5) is 6.38. The van der Waals surface area contributed by atoms with Crippen molar-refractivity contribution in [2.45, 2.75) is 19.4 Å². The smallest absolute Gasteiger partial charge is 0.0853 e. The Kier molecular flexibility index (Phi) is 3.56. The van der Waals surface area contributed by atoms with Gasteiger partial charge < -0.3 is 15.3 Å². The Balaban J connectivity index is 1.85. The van der Waals surface area contributed by atoms with Crippen molar-refractivity contribution in [3.8, 4) is 0 Å². The van der Waals surface area contributed by atoms with Crippen molar-refractivity contribution in [3.63, 3.8) is 0 Å². The molecule has 0 amide bonds. The molecule has 3 rings (SSSR count). The molecule has 104 valence electrons. The Bertz CT molecular complexity index is 612. The zero-order valence-corrected chi connectivity index (χ0v) is 11.6. The van der Waals surface area contributed by atoms with Gasteiger partial charge in [0, 0.05) is 36.9 Å². The van der Waals surface area contributed by atoms with Gasteiger partial charge in [-0.15, -0.1) is 0 Å². The van der Waals surface area contributed by atoms with Crippen LogP contribution in [0.3, 0.4) is 0 Å². The predicted molar refractivity (Wildman–Crippen MR) is 81.5 cm³/mol. The SMILES string of the molecule is CN1CCCc2ccc(Nc3ccnc(CO)c3)cc21. The van der Waals surface area contributed by atoms with Crippen LogP contribution in [0.15, 0.2) is 36.5 Å². The number of aromatic nitrogens is 1. The molecule has 0 atom stereocenters. The van der Waals surface area contributed by atoms with Crippen LogP contribution in [-0.4, -0.2) is 23.7 Å². The van der Waals surface area contributed by atoms with Crippen LogP contribution >= 0.6 is 0 Å². The lowest BCUT2D eigenvalue weighted by Gasteiger charge is -2.28. The summed E-state index contributed by atoms with van der Waals surface area (Å²) in [5.41, 5.74) is 5.40. The van der Waals surface area contributed by atoms with E-state index in [1.54, 1.807) is 6.20 Å². The third kappa shape index (κ3) is 2.60. The van der Waals surface area contributed by atoms with Crippen LogP contribution in [0, 0.1) is 0 Å². The number of pyridine rings is 1. The normalized spacial score (nSPS) is 14.0. The number of anilines is 3. The second-order valence-electron chi connectivity index (χ2n) is 5.19. The van der Waals surface area contributed by atoms with Crippen molar-refractivity contribution >= 4 is 17.1 Å². The number of rotatable bonds is 3. The molecule has 2 aromatic rings. The Morgan fingerprint density at radius 1 is 1.25 bits per heavy atom. The predicted octanol–water partition coefficient (Wildman–Crippen LogP) is 2.70. The lowest BCUT2D eigenvalue weighted by Crippen LogP contribution is -2.24. The van der Waals surface area contributed by atoms with E-state index >= 15 is 0 Å². The molecule has 2 N–H and O–H groups in total. The maximum Gasteiger partial charge on any atom is 0.0853 e. The third-order valence-corrected chi connectivity index (χ3v) is 3.70. The summed E-state index contributed by atoms with van der Waals surface area (Å²) in [6, 6.07) is 10.3. The largest absolute Gasteiger partial charge is 0.390 e. The number of aryl methyl sites for hydroxylation is 1. The standard InChI is InChI=1S/C16H19N3O/c1-19-8-2-3-12-4-5-13(10-16(12)19)18-14-6-7-17-15(9-14)11-20/h4-7,9-10,20H,2-3,8,11H2,1H3,(H,17,18). The van der Waals surface area contributed by atoms with Gasteiger partial charge in [-0.05, 0) is 42.7 Å². The van der Waals surface area contributed by atoms with Gasteiger partial charge in [-0.1, -0.05) is 6.07 Å². The average molecular weight is 269 g/mol. The van der Waals surface area contributed by atoms with Gasteiger partial charge >= 0.3 is 0 Å². The zero-order chi connectivity index (χ0) is 13.9. The molecule has 4 nitrogen and oxygen atoms in total. The van der Waals surface area contributed by atoms with E-state index in [2.05, 4.69) is 40.4 Å². The Labute approximate surface area is 119 Å². The first-order valence-electron chi connectivity index (χ1n) is 6.93. The van der Waals surface area contributed by atoms with Crippen molar-refractivity contribution in [1.29, 1.82) is 0 Å². The van der Waals surface area contributed by atoms with E-state index in [0.717, 1.165) is 24.3 Å². The van der Waals surface area contributed by atoms with Crippen LogP contribution < -0.4 is 10.2 Å². The maximum atomic E-state index is 9.12. The van der Waals surface area contributed by atoms with Crippen molar-refractivity contribution in [2.24, 2.45) is 0 Å². The summed E-state index contributed by atoms with van der Waals surface area (Å²) < 4.78 is 0. The summed E-state index contributed by atoms with van der Waals surface area (Å²) >= 11 is 0. The minimum atomic E-state index is -0.0392. The van der Waals surface area contributed by atoms with E-state index in [4.69, 9.17) is 5.11 Å². The molecule has 4 heteroatoms. The van der Waals surface area contributed by atoms with Crippen LogP contribution in [-0.2, 0) is 13.0 Å². The zero-order valence-electron chi connectivity index (χ0n) is 11.6. The first-order valence-corrected chi connectivity index (χ1v) is 6.93. The quantitative estimate of drug-likeness (QED) is 0.899. The van der Waals surface area contributed by atoms with E-state index in [0.29, 0.717) is 5.69 Å². The molecule has 0 fully saturated rings. The van der Waals surface area contributed by atoms with Gasteiger partial charge in [-0.2, -0.15) is 0 Å². The molecular formula is C16H19N3O. The fourth-order valence-corrected chi connectivity index (χ4v) is 2.64. The molecule has 0 unspecified atom stereocenters. The van der Waals surface area contributed by atoms with E-state index in [9.17, 15) is 0 Å². The van der Waals surface area contributed by atoms with Gasteiger partial charge in [0.05, 0.1) is 12.3 Å². The summed E-state index contributed by atoms with van der Waals surface area (Å²) in [5, 5.41) is 12.5. The highest BCUT2D eigenvalue weighted by Crippen LogP contribution is 2.30. The highest BCUT2D eigenvalue weighted by atomic mass is 16.3. The molecule has 0 bridgehead atoms. The van der Waals surface area contributed by atoms with Gasteiger partial charge in [0.15, 0.2) is 0 Å².